The fourth-order valence-corrected chi connectivity index (χ4v) is 9.12. The van der Waals surface area contributed by atoms with Gasteiger partial charge in [-0.3, -0.25) is 0 Å². The molecule has 4 heteroatoms. The second-order valence-corrected chi connectivity index (χ2v) is 16.9. The lowest BCUT2D eigenvalue weighted by Gasteiger charge is -2.26. The molecule has 0 fully saturated rings. The highest BCUT2D eigenvalue weighted by molar-refractivity contribution is 5.96. The molecule has 0 N–H and O–H groups in total. The zero-order chi connectivity index (χ0) is 45.8. The zero-order valence-corrected chi connectivity index (χ0v) is 37.0. The van der Waals surface area contributed by atoms with Crippen LogP contribution in [0.25, 0.3) is 66.4 Å². The van der Waals surface area contributed by atoms with Crippen molar-refractivity contribution in [1.82, 2.24) is 0 Å². The Bertz CT molecular complexity index is 3400. The summed E-state index contributed by atoms with van der Waals surface area (Å²) in [4.78, 5) is 4.53. The molecule has 0 heterocycles. The van der Waals surface area contributed by atoms with Crippen molar-refractivity contribution >= 4 is 101 Å². The maximum Gasteiger partial charge on any atom is 0.0998 e. The SMILES string of the molecule is N#CC(=Cc1ccc(C=C(C#N)c2ccc(N(c3ccc4ccccc4c3)c3ccc4ccccc4c3)cc2)cc1)c1ccc(N(c2ccc3ccccc3c2)c2ccc3ccccc3c2)cc1. The van der Waals surface area contributed by atoms with Gasteiger partial charge in [0.15, 0.2) is 0 Å². The van der Waals surface area contributed by atoms with Gasteiger partial charge >= 0.3 is 0 Å². The fraction of sp³-hybridized carbons (Fsp3) is 0. The quantitative estimate of drug-likeness (QED) is 0.101. The third-order valence-corrected chi connectivity index (χ3v) is 12.6. The van der Waals surface area contributed by atoms with Crippen molar-refractivity contribution in [1.29, 1.82) is 10.5 Å². The number of nitriles is 2. The number of hydrogen-bond donors (Lipinski definition) is 0. The van der Waals surface area contributed by atoms with E-state index in [2.05, 4.69) is 216 Å². The Hall–Kier alpha value is -9.48. The van der Waals surface area contributed by atoms with Crippen LogP contribution in [-0.2, 0) is 0 Å². The van der Waals surface area contributed by atoms with Crippen LogP contribution >= 0.6 is 0 Å². The summed E-state index contributed by atoms with van der Waals surface area (Å²) in [5.41, 5.74) is 10.7. The first-order valence-corrected chi connectivity index (χ1v) is 22.7. The number of rotatable bonds is 10. The number of nitrogens with zero attached hydrogens (tertiary/aromatic N) is 4. The van der Waals surface area contributed by atoms with Gasteiger partial charge in [0.2, 0.25) is 0 Å². The Balaban J connectivity index is 0.853. The van der Waals surface area contributed by atoms with Crippen LogP contribution < -0.4 is 9.80 Å². The third kappa shape index (κ3) is 8.34. The number of hydrogen-bond acceptors (Lipinski definition) is 4. The standard InChI is InChI=1S/C64H42N4/c65-43-57(51-21-29-59(30-22-51)67(61-33-25-47-9-1-5-13-53(47)39-61)62-34-26-48-10-2-6-14-54(48)40-62)37-45-17-19-46(20-18-45)38-58(44-66)52-23-31-60(32-24-52)68(63-35-27-49-11-3-7-15-55(49)41-63)64-36-28-50-12-4-8-16-56(50)42-64/h1-42H. The molecule has 0 aliphatic carbocycles. The van der Waals surface area contributed by atoms with Crippen LogP contribution in [0.5, 0.6) is 0 Å². The third-order valence-electron chi connectivity index (χ3n) is 12.6. The van der Waals surface area contributed by atoms with Gasteiger partial charge in [-0.25, -0.2) is 0 Å². The van der Waals surface area contributed by atoms with E-state index in [0.29, 0.717) is 11.1 Å². The van der Waals surface area contributed by atoms with Gasteiger partial charge in [-0.05, 0) is 150 Å². The van der Waals surface area contributed by atoms with Crippen molar-refractivity contribution in [3.63, 3.8) is 0 Å². The number of fused-ring (bicyclic) bond motifs is 4. The molecule has 0 unspecified atom stereocenters. The minimum absolute atomic E-state index is 0.557. The van der Waals surface area contributed by atoms with Crippen LogP contribution in [-0.4, -0.2) is 0 Å². The van der Waals surface area contributed by atoms with Crippen LogP contribution in [0.1, 0.15) is 22.3 Å². The van der Waals surface area contributed by atoms with Gasteiger partial charge in [-0.1, -0.05) is 170 Å². The van der Waals surface area contributed by atoms with Gasteiger partial charge in [-0.2, -0.15) is 10.5 Å². The normalized spacial score (nSPS) is 11.7. The monoisotopic (exact) mass is 866 g/mol. The minimum Gasteiger partial charge on any atom is -0.310 e. The second kappa shape index (κ2) is 18.2. The van der Waals surface area contributed by atoms with Gasteiger partial charge in [0.1, 0.15) is 0 Å². The molecule has 11 aromatic carbocycles. The Morgan fingerprint density at radius 3 is 0.794 bits per heavy atom. The molecule has 0 aromatic heterocycles. The van der Waals surface area contributed by atoms with Crippen molar-refractivity contribution < 1.29 is 0 Å². The lowest BCUT2D eigenvalue weighted by molar-refractivity contribution is 1.29. The summed E-state index contributed by atoms with van der Waals surface area (Å²) in [5.74, 6) is 0. The largest absolute Gasteiger partial charge is 0.310 e. The molecule has 11 aromatic rings. The molecular formula is C64H42N4. The van der Waals surface area contributed by atoms with Crippen molar-refractivity contribution in [2.75, 3.05) is 9.80 Å². The van der Waals surface area contributed by atoms with E-state index >= 15 is 0 Å². The summed E-state index contributed by atoms with van der Waals surface area (Å²) in [5, 5.41) is 30.2. The fourth-order valence-electron chi connectivity index (χ4n) is 9.12. The topological polar surface area (TPSA) is 54.1 Å². The van der Waals surface area contributed by atoms with E-state index in [0.717, 1.165) is 56.4 Å². The molecule has 0 atom stereocenters. The maximum absolute atomic E-state index is 10.4. The first-order chi connectivity index (χ1) is 33.6. The van der Waals surface area contributed by atoms with Gasteiger partial charge in [0, 0.05) is 34.1 Å². The van der Waals surface area contributed by atoms with Crippen molar-refractivity contribution in [3.05, 3.63) is 265 Å². The Kier molecular flexibility index (Phi) is 11.0. The van der Waals surface area contributed by atoms with E-state index in [1.165, 1.54) is 43.1 Å². The van der Waals surface area contributed by atoms with Crippen molar-refractivity contribution in [2.45, 2.75) is 0 Å². The van der Waals surface area contributed by atoms with E-state index in [1.54, 1.807) is 0 Å². The number of anilines is 6. The van der Waals surface area contributed by atoms with Crippen LogP contribution in [0.2, 0.25) is 0 Å². The molecule has 0 saturated heterocycles. The van der Waals surface area contributed by atoms with Gasteiger partial charge in [-0.15, -0.1) is 0 Å². The Labute approximate surface area is 396 Å². The van der Waals surface area contributed by atoms with E-state index < -0.39 is 0 Å². The molecule has 0 amide bonds. The lowest BCUT2D eigenvalue weighted by Crippen LogP contribution is -2.10. The van der Waals surface area contributed by atoms with Gasteiger partial charge in [0.25, 0.3) is 0 Å². The van der Waals surface area contributed by atoms with Crippen LogP contribution in [0, 0.1) is 22.7 Å². The first-order valence-electron chi connectivity index (χ1n) is 22.7. The summed E-state index contributed by atoms with van der Waals surface area (Å²) in [6, 6.07) is 89.0. The van der Waals surface area contributed by atoms with Crippen LogP contribution in [0.4, 0.5) is 34.1 Å². The molecule has 0 saturated carbocycles. The van der Waals surface area contributed by atoms with E-state index in [9.17, 15) is 10.5 Å². The Morgan fingerprint density at radius 2 is 0.529 bits per heavy atom. The average molecular weight is 867 g/mol. The molecule has 11 rings (SSSR count). The van der Waals surface area contributed by atoms with E-state index in [1.807, 2.05) is 60.7 Å². The predicted molar refractivity (Wildman–Crippen MR) is 286 cm³/mol. The molecule has 0 bridgehead atoms. The first kappa shape index (κ1) is 41.2. The highest BCUT2D eigenvalue weighted by Gasteiger charge is 2.17. The summed E-state index contributed by atoms with van der Waals surface area (Å²) < 4.78 is 0. The Morgan fingerprint density at radius 1 is 0.279 bits per heavy atom. The average Bonchev–Trinajstić information content (AvgIpc) is 3.40. The highest BCUT2D eigenvalue weighted by atomic mass is 15.1. The van der Waals surface area contributed by atoms with Crippen molar-refractivity contribution in [3.8, 4) is 12.1 Å². The smallest absolute Gasteiger partial charge is 0.0998 e. The molecule has 4 nitrogen and oxygen atoms in total. The molecule has 0 aliphatic rings. The molecular weight excluding hydrogens is 825 g/mol. The molecule has 0 aliphatic heterocycles. The molecule has 318 valence electrons. The minimum atomic E-state index is 0.557. The summed E-state index contributed by atoms with van der Waals surface area (Å²) in [6.45, 7) is 0. The van der Waals surface area contributed by atoms with Crippen molar-refractivity contribution in [2.24, 2.45) is 0 Å². The summed E-state index contributed by atoms with van der Waals surface area (Å²) in [7, 11) is 0. The van der Waals surface area contributed by atoms with E-state index in [-0.39, 0.29) is 0 Å². The van der Waals surface area contributed by atoms with Crippen LogP contribution in [0.15, 0.2) is 243 Å². The number of benzene rings is 11. The lowest BCUT2D eigenvalue weighted by atomic mass is 10.0. The zero-order valence-electron chi connectivity index (χ0n) is 37.0. The predicted octanol–water partition coefficient (Wildman–Crippen LogP) is 17.4. The molecule has 0 spiro atoms. The van der Waals surface area contributed by atoms with Gasteiger partial charge < -0.3 is 9.80 Å². The maximum atomic E-state index is 10.4. The van der Waals surface area contributed by atoms with Crippen LogP contribution in [0.3, 0.4) is 0 Å². The molecule has 0 radical (unpaired) electrons. The second-order valence-electron chi connectivity index (χ2n) is 16.9. The molecule has 68 heavy (non-hydrogen) atoms. The van der Waals surface area contributed by atoms with Gasteiger partial charge in [0.05, 0.1) is 23.3 Å². The highest BCUT2D eigenvalue weighted by Crippen LogP contribution is 2.40. The van der Waals surface area contributed by atoms with E-state index in [4.69, 9.17) is 0 Å². The summed E-state index contributed by atoms with van der Waals surface area (Å²) >= 11 is 0. The number of allylic oxidation sites excluding steroid dienone is 2. The summed E-state index contributed by atoms with van der Waals surface area (Å²) in [6.07, 6.45) is 3.82.